The molecule has 1 unspecified atom stereocenters. The number of hydrogen-bond donors (Lipinski definition) is 3. The maximum atomic E-state index is 13.0. The molecule has 0 spiro atoms. The Labute approximate surface area is 181 Å². The molecular formula is C21H28N4O3S2. The zero-order valence-electron chi connectivity index (χ0n) is 17.7. The Kier molecular flexibility index (Phi) is 5.08. The zero-order chi connectivity index (χ0) is 21.9. The van der Waals surface area contributed by atoms with E-state index >= 15 is 0 Å². The average molecular weight is 449 g/mol. The molecule has 4 rings (SSSR count). The van der Waals surface area contributed by atoms with E-state index in [0.29, 0.717) is 5.56 Å². The van der Waals surface area contributed by atoms with E-state index in [9.17, 15) is 14.1 Å². The summed E-state index contributed by atoms with van der Waals surface area (Å²) in [6.07, 6.45) is 4.59. The Morgan fingerprint density at radius 3 is 2.73 bits per heavy atom. The summed E-state index contributed by atoms with van der Waals surface area (Å²) in [6, 6.07) is 0.835. The molecule has 2 amide bonds. The number of anilines is 1. The highest BCUT2D eigenvalue weighted by atomic mass is 32.2. The van der Waals surface area contributed by atoms with Crippen LogP contribution in [-0.2, 0) is 40.2 Å². The number of pyridine rings is 1. The molecule has 0 fully saturated rings. The number of aryl methyl sites for hydroxylation is 1. The first-order chi connectivity index (χ1) is 13.9. The third-order valence-electron chi connectivity index (χ3n) is 5.99. The van der Waals surface area contributed by atoms with Gasteiger partial charge in [-0.1, -0.05) is 13.8 Å². The number of carbonyl (C=O) groups is 1. The third-order valence-corrected chi connectivity index (χ3v) is 8.84. The van der Waals surface area contributed by atoms with Crippen LogP contribution in [0.4, 0.5) is 10.5 Å². The standard InChI is InChI=1S/C21H28N4O3S2/c1-20(2)9-8-14-17(13-6-5-7-15(13)23-18(14)20)24-19(26)25-30(22,28)16-10-12(11-29-16)21(3,4)27/h10-11,27H,5-9H2,1-4H3,(H3,22,23,24,25,26,28). The summed E-state index contributed by atoms with van der Waals surface area (Å²) in [4.78, 5) is 17.7. The highest BCUT2D eigenvalue weighted by molar-refractivity contribution is 7.93. The van der Waals surface area contributed by atoms with Gasteiger partial charge in [0.1, 0.15) is 4.21 Å². The Morgan fingerprint density at radius 2 is 2.07 bits per heavy atom. The molecular weight excluding hydrogens is 420 g/mol. The number of fused-ring (bicyclic) bond motifs is 2. The maximum Gasteiger partial charge on any atom is 0.354 e. The zero-order valence-corrected chi connectivity index (χ0v) is 19.4. The van der Waals surface area contributed by atoms with Crippen molar-refractivity contribution in [2.24, 2.45) is 9.50 Å². The van der Waals surface area contributed by atoms with Gasteiger partial charge in [0.15, 0.2) is 9.92 Å². The highest BCUT2D eigenvalue weighted by Crippen LogP contribution is 2.44. The molecule has 0 saturated heterocycles. The minimum atomic E-state index is -3.42. The predicted molar refractivity (Wildman–Crippen MR) is 119 cm³/mol. The van der Waals surface area contributed by atoms with Crippen LogP contribution in [0.2, 0.25) is 0 Å². The largest absolute Gasteiger partial charge is 0.386 e. The highest BCUT2D eigenvalue weighted by Gasteiger charge is 2.36. The number of aliphatic hydroxyl groups is 1. The monoisotopic (exact) mass is 448 g/mol. The fraction of sp³-hybridized carbons (Fsp3) is 0.524. The number of rotatable bonds is 3. The van der Waals surface area contributed by atoms with Crippen LogP contribution >= 0.6 is 11.3 Å². The van der Waals surface area contributed by atoms with Crippen LogP contribution in [0.25, 0.3) is 0 Å². The van der Waals surface area contributed by atoms with Gasteiger partial charge in [-0.15, -0.1) is 15.7 Å². The van der Waals surface area contributed by atoms with E-state index in [0.717, 1.165) is 71.6 Å². The average Bonchev–Trinajstić information content (AvgIpc) is 3.33. The Balaban J connectivity index is 1.68. The number of nitrogens with two attached hydrogens (primary N) is 1. The maximum absolute atomic E-state index is 13.0. The first-order valence-corrected chi connectivity index (χ1v) is 12.6. The number of nitrogens with one attached hydrogen (secondary N) is 1. The fourth-order valence-corrected chi connectivity index (χ4v) is 6.50. The number of urea groups is 1. The Morgan fingerprint density at radius 1 is 1.33 bits per heavy atom. The van der Waals surface area contributed by atoms with Crippen LogP contribution in [0.3, 0.4) is 0 Å². The number of amides is 2. The molecule has 0 aliphatic heterocycles. The summed E-state index contributed by atoms with van der Waals surface area (Å²) in [5.74, 6) is 0. The second-order valence-electron chi connectivity index (χ2n) is 9.28. The Bertz CT molecular complexity index is 1150. The van der Waals surface area contributed by atoms with Gasteiger partial charge in [0, 0.05) is 11.1 Å². The smallest absolute Gasteiger partial charge is 0.354 e. The van der Waals surface area contributed by atoms with Crippen molar-refractivity contribution in [1.29, 1.82) is 0 Å². The van der Waals surface area contributed by atoms with Gasteiger partial charge in [0.2, 0.25) is 0 Å². The summed E-state index contributed by atoms with van der Waals surface area (Å²) in [7, 11) is -3.42. The minimum absolute atomic E-state index is 0.0323. The molecule has 7 nitrogen and oxygen atoms in total. The number of thiophene rings is 1. The van der Waals surface area contributed by atoms with Crippen LogP contribution in [0.5, 0.6) is 0 Å². The SMILES string of the molecule is CC(C)(O)c1csc(S(N)(=O)=NC(=O)Nc2c3c(nc4c2CCC4(C)C)CCC3)c1. The molecule has 2 heterocycles. The lowest BCUT2D eigenvalue weighted by Crippen LogP contribution is -2.20. The number of hydrogen-bond acceptors (Lipinski definition) is 5. The normalized spacial score (nSPS) is 19.1. The lowest BCUT2D eigenvalue weighted by atomic mass is 9.90. The van der Waals surface area contributed by atoms with Gasteiger partial charge in [-0.2, -0.15) is 0 Å². The van der Waals surface area contributed by atoms with Gasteiger partial charge in [0.05, 0.1) is 17.0 Å². The van der Waals surface area contributed by atoms with Gasteiger partial charge in [-0.3, -0.25) is 4.98 Å². The van der Waals surface area contributed by atoms with Crippen LogP contribution in [0.1, 0.15) is 68.6 Å². The van der Waals surface area contributed by atoms with Crippen molar-refractivity contribution in [3.05, 3.63) is 39.5 Å². The molecule has 2 aromatic rings. The molecule has 0 saturated carbocycles. The van der Waals surface area contributed by atoms with E-state index in [1.807, 2.05) is 0 Å². The van der Waals surface area contributed by atoms with E-state index in [1.54, 1.807) is 25.3 Å². The first-order valence-electron chi connectivity index (χ1n) is 10.1. The van der Waals surface area contributed by atoms with Crippen molar-refractivity contribution < 1.29 is 14.1 Å². The van der Waals surface area contributed by atoms with E-state index < -0.39 is 21.5 Å². The third kappa shape index (κ3) is 3.79. The van der Waals surface area contributed by atoms with Crippen molar-refractivity contribution in [2.75, 3.05) is 5.32 Å². The molecule has 162 valence electrons. The molecule has 1 atom stereocenters. The van der Waals surface area contributed by atoms with Gasteiger partial charge in [0.25, 0.3) is 0 Å². The predicted octanol–water partition coefficient (Wildman–Crippen LogP) is 4.02. The molecule has 0 bridgehead atoms. The quantitative estimate of drug-likeness (QED) is 0.657. The van der Waals surface area contributed by atoms with Crippen LogP contribution in [0.15, 0.2) is 20.0 Å². The molecule has 0 radical (unpaired) electrons. The number of aromatic nitrogens is 1. The fourth-order valence-electron chi connectivity index (χ4n) is 4.22. The van der Waals surface area contributed by atoms with Crippen LogP contribution in [0, 0.1) is 0 Å². The lowest BCUT2D eigenvalue weighted by molar-refractivity contribution is 0.0789. The van der Waals surface area contributed by atoms with E-state index in [-0.39, 0.29) is 9.62 Å². The van der Waals surface area contributed by atoms with Gasteiger partial charge in [-0.25, -0.2) is 14.1 Å². The molecule has 4 N–H and O–H groups in total. The molecule has 2 aromatic heterocycles. The van der Waals surface area contributed by atoms with E-state index in [2.05, 4.69) is 23.5 Å². The van der Waals surface area contributed by atoms with Gasteiger partial charge in [-0.05, 0) is 74.1 Å². The van der Waals surface area contributed by atoms with Gasteiger partial charge < -0.3 is 10.4 Å². The Hall–Kier alpha value is -1.81. The van der Waals surface area contributed by atoms with Crippen molar-refractivity contribution in [1.82, 2.24) is 4.98 Å². The van der Waals surface area contributed by atoms with Crippen LogP contribution < -0.4 is 10.5 Å². The molecule has 30 heavy (non-hydrogen) atoms. The van der Waals surface area contributed by atoms with E-state index in [4.69, 9.17) is 10.1 Å². The number of nitrogens with zero attached hydrogens (tertiary/aromatic N) is 2. The lowest BCUT2D eigenvalue weighted by Gasteiger charge is -2.20. The van der Waals surface area contributed by atoms with E-state index in [1.165, 1.54) is 0 Å². The molecule has 9 heteroatoms. The summed E-state index contributed by atoms with van der Waals surface area (Å²) in [5.41, 5.74) is 4.47. The second kappa shape index (κ2) is 7.12. The van der Waals surface area contributed by atoms with Crippen LogP contribution in [-0.4, -0.2) is 20.3 Å². The molecule has 0 aromatic carbocycles. The summed E-state index contributed by atoms with van der Waals surface area (Å²) in [5, 5.41) is 20.6. The minimum Gasteiger partial charge on any atom is -0.386 e. The molecule has 2 aliphatic rings. The molecule has 2 aliphatic carbocycles. The van der Waals surface area contributed by atoms with Gasteiger partial charge >= 0.3 is 6.03 Å². The van der Waals surface area contributed by atoms with Crippen molar-refractivity contribution in [3.8, 4) is 0 Å². The number of carbonyl (C=O) groups excluding carboxylic acids is 1. The second-order valence-corrected chi connectivity index (χ2v) is 12.2. The van der Waals surface area contributed by atoms with Crippen molar-refractivity contribution in [3.63, 3.8) is 0 Å². The summed E-state index contributed by atoms with van der Waals surface area (Å²) >= 11 is 1.13. The summed E-state index contributed by atoms with van der Waals surface area (Å²) < 4.78 is 17.1. The van der Waals surface area contributed by atoms with Crippen molar-refractivity contribution >= 4 is 33.0 Å². The summed E-state index contributed by atoms with van der Waals surface area (Å²) in [6.45, 7) is 7.61. The topological polar surface area (TPSA) is 118 Å². The van der Waals surface area contributed by atoms with Crippen molar-refractivity contribution in [2.45, 2.75) is 75.0 Å². The first kappa shape index (κ1) is 21.4.